The first-order valence-corrected chi connectivity index (χ1v) is 3.38. The Labute approximate surface area is 66.0 Å². The topological polar surface area (TPSA) is 43.4 Å². The van der Waals surface area contributed by atoms with Gasteiger partial charge in [0.2, 0.25) is 0 Å². The van der Waals surface area contributed by atoms with E-state index in [1.54, 1.807) is 0 Å². The highest BCUT2D eigenvalue weighted by molar-refractivity contribution is 5.92. The minimum atomic E-state index is -0.398. The van der Waals surface area contributed by atoms with Crippen molar-refractivity contribution in [2.24, 2.45) is 0 Å². The first-order chi connectivity index (χ1) is 5.02. The molecule has 0 aromatic carbocycles. The number of carbonyl (C=O) groups excluding carboxylic acids is 2. The van der Waals surface area contributed by atoms with Crippen LogP contribution in [0, 0.1) is 0 Å². The highest BCUT2D eigenvalue weighted by Gasteiger charge is 2.19. The fraction of sp³-hybridized carbons (Fsp3) is 0.500. The maximum absolute atomic E-state index is 10.0. The Kier molecular flexibility index (Phi) is 4.18. The van der Waals surface area contributed by atoms with E-state index in [1.807, 2.05) is 13.8 Å². The van der Waals surface area contributed by atoms with Crippen molar-refractivity contribution in [2.45, 2.75) is 26.7 Å². The number of ether oxygens (including phenoxy) is 1. The normalized spacial score (nSPS) is 15.1. The van der Waals surface area contributed by atoms with Gasteiger partial charge in [-0.15, -0.1) is 6.58 Å². The highest BCUT2D eigenvalue weighted by Crippen LogP contribution is 2.03. The van der Waals surface area contributed by atoms with Crippen LogP contribution in [0.15, 0.2) is 12.2 Å². The first-order valence-electron chi connectivity index (χ1n) is 3.38. The van der Waals surface area contributed by atoms with Crippen LogP contribution in [0.25, 0.3) is 0 Å². The van der Waals surface area contributed by atoms with Crippen LogP contribution in [0.3, 0.4) is 0 Å². The summed E-state index contributed by atoms with van der Waals surface area (Å²) in [4.78, 5) is 20.0. The molecular formula is C8H12O3. The molecule has 3 heteroatoms. The molecule has 1 saturated heterocycles. The van der Waals surface area contributed by atoms with Crippen molar-refractivity contribution in [3.63, 3.8) is 0 Å². The molecule has 0 spiro atoms. The summed E-state index contributed by atoms with van der Waals surface area (Å²) in [6, 6.07) is 0. The van der Waals surface area contributed by atoms with E-state index in [9.17, 15) is 9.59 Å². The Hall–Kier alpha value is -1.12. The second-order valence-electron chi connectivity index (χ2n) is 2.55. The highest BCUT2D eigenvalue weighted by atomic mass is 16.6. The van der Waals surface area contributed by atoms with Gasteiger partial charge >= 0.3 is 11.9 Å². The monoisotopic (exact) mass is 156 g/mol. The van der Waals surface area contributed by atoms with Crippen LogP contribution >= 0.6 is 0 Å². The fourth-order valence-electron chi connectivity index (χ4n) is 0.433. The molecule has 11 heavy (non-hydrogen) atoms. The van der Waals surface area contributed by atoms with Crippen molar-refractivity contribution in [1.29, 1.82) is 0 Å². The summed E-state index contributed by atoms with van der Waals surface area (Å²) in [5.41, 5.74) is 1.17. The lowest BCUT2D eigenvalue weighted by Crippen LogP contribution is -1.94. The standard InChI is InChI=1S/C4H4O3.C4H8/c5-3-1-2-4(6)7-3;1-4(2)3/h1-2H2;1H2,2-3H3. The lowest BCUT2D eigenvalue weighted by Gasteiger charge is -1.79. The Bertz CT molecular complexity index is 164. The van der Waals surface area contributed by atoms with Crippen LogP contribution in [0.4, 0.5) is 0 Å². The lowest BCUT2D eigenvalue weighted by atomic mass is 10.4. The first kappa shape index (κ1) is 9.88. The van der Waals surface area contributed by atoms with Gasteiger partial charge in [-0.1, -0.05) is 5.57 Å². The summed E-state index contributed by atoms with van der Waals surface area (Å²) in [6.45, 7) is 7.50. The van der Waals surface area contributed by atoms with E-state index in [0.717, 1.165) is 0 Å². The molecule has 0 aliphatic carbocycles. The third-order valence-corrected chi connectivity index (χ3v) is 0.761. The van der Waals surface area contributed by atoms with Gasteiger partial charge in [0, 0.05) is 0 Å². The average molecular weight is 156 g/mol. The number of carbonyl (C=O) groups is 2. The van der Waals surface area contributed by atoms with E-state index in [-0.39, 0.29) is 12.8 Å². The van der Waals surface area contributed by atoms with Crippen LogP contribution in [-0.4, -0.2) is 11.9 Å². The summed E-state index contributed by atoms with van der Waals surface area (Å²) in [6.07, 6.45) is 0.525. The molecule has 0 saturated carbocycles. The van der Waals surface area contributed by atoms with Crippen molar-refractivity contribution < 1.29 is 14.3 Å². The van der Waals surface area contributed by atoms with Crippen molar-refractivity contribution in [3.05, 3.63) is 12.2 Å². The molecular weight excluding hydrogens is 144 g/mol. The van der Waals surface area contributed by atoms with E-state index < -0.39 is 11.9 Å². The molecule has 0 atom stereocenters. The van der Waals surface area contributed by atoms with Gasteiger partial charge in [0.15, 0.2) is 0 Å². The van der Waals surface area contributed by atoms with Crippen molar-refractivity contribution >= 4 is 11.9 Å². The molecule has 1 aliphatic heterocycles. The van der Waals surface area contributed by atoms with Crippen LogP contribution < -0.4 is 0 Å². The van der Waals surface area contributed by atoms with Gasteiger partial charge in [-0.3, -0.25) is 9.59 Å². The largest absolute Gasteiger partial charge is 0.393 e. The molecule has 1 heterocycles. The smallest absolute Gasteiger partial charge is 0.314 e. The second kappa shape index (κ2) is 4.66. The maximum Gasteiger partial charge on any atom is 0.314 e. The van der Waals surface area contributed by atoms with Gasteiger partial charge in [0.05, 0.1) is 12.8 Å². The third-order valence-electron chi connectivity index (χ3n) is 0.761. The summed E-state index contributed by atoms with van der Waals surface area (Å²) in [5, 5.41) is 0. The molecule has 0 radical (unpaired) electrons. The zero-order valence-electron chi connectivity index (χ0n) is 6.85. The molecule has 1 aliphatic rings. The minimum Gasteiger partial charge on any atom is -0.393 e. The molecule has 0 amide bonds. The number of rotatable bonds is 0. The molecule has 0 N–H and O–H groups in total. The molecule has 62 valence electrons. The van der Waals surface area contributed by atoms with Gasteiger partial charge in [-0.05, 0) is 13.8 Å². The second-order valence-corrected chi connectivity index (χ2v) is 2.55. The average Bonchev–Trinajstić information content (AvgIpc) is 2.13. The molecule has 0 unspecified atom stereocenters. The summed E-state index contributed by atoms with van der Waals surface area (Å²) in [5.74, 6) is -0.796. The SMILES string of the molecule is C=C(C)C.O=C1CCC(=O)O1. The van der Waals surface area contributed by atoms with Gasteiger partial charge in [0.25, 0.3) is 0 Å². The zero-order chi connectivity index (χ0) is 8.85. The Morgan fingerprint density at radius 1 is 1.27 bits per heavy atom. The molecule has 0 aromatic rings. The number of allylic oxidation sites excluding steroid dienone is 1. The van der Waals surface area contributed by atoms with Crippen molar-refractivity contribution in [1.82, 2.24) is 0 Å². The van der Waals surface area contributed by atoms with E-state index in [4.69, 9.17) is 0 Å². The summed E-state index contributed by atoms with van der Waals surface area (Å²) < 4.78 is 4.08. The van der Waals surface area contributed by atoms with Gasteiger partial charge in [0.1, 0.15) is 0 Å². The molecule has 1 fully saturated rings. The third kappa shape index (κ3) is 6.77. The number of hydrogen-bond donors (Lipinski definition) is 0. The quantitative estimate of drug-likeness (QED) is 0.303. The lowest BCUT2D eigenvalue weighted by molar-refractivity contribution is -0.151. The molecule has 0 aromatic heterocycles. The van der Waals surface area contributed by atoms with Crippen LogP contribution in [0.1, 0.15) is 26.7 Å². The van der Waals surface area contributed by atoms with Crippen LogP contribution in [0.5, 0.6) is 0 Å². The van der Waals surface area contributed by atoms with Crippen molar-refractivity contribution in [3.8, 4) is 0 Å². The predicted molar refractivity (Wildman–Crippen MR) is 40.8 cm³/mol. The number of esters is 2. The summed E-state index contributed by atoms with van der Waals surface area (Å²) in [7, 11) is 0. The fourth-order valence-corrected chi connectivity index (χ4v) is 0.433. The minimum absolute atomic E-state index is 0.263. The molecule has 1 rings (SSSR count). The van der Waals surface area contributed by atoms with Crippen LogP contribution in [-0.2, 0) is 14.3 Å². The van der Waals surface area contributed by atoms with E-state index in [0.29, 0.717) is 0 Å². The van der Waals surface area contributed by atoms with E-state index in [1.165, 1.54) is 5.57 Å². The molecule has 3 nitrogen and oxygen atoms in total. The zero-order valence-corrected chi connectivity index (χ0v) is 6.85. The Morgan fingerprint density at radius 2 is 1.55 bits per heavy atom. The molecule has 0 bridgehead atoms. The van der Waals surface area contributed by atoms with E-state index in [2.05, 4.69) is 11.3 Å². The Balaban J connectivity index is 0.000000218. The predicted octanol–water partition coefficient (Wildman–Crippen LogP) is 1.43. The van der Waals surface area contributed by atoms with Gasteiger partial charge < -0.3 is 4.74 Å². The maximum atomic E-state index is 10.0. The van der Waals surface area contributed by atoms with Gasteiger partial charge in [-0.25, -0.2) is 0 Å². The number of cyclic esters (lactones) is 2. The Morgan fingerprint density at radius 3 is 1.64 bits per heavy atom. The summed E-state index contributed by atoms with van der Waals surface area (Å²) >= 11 is 0. The van der Waals surface area contributed by atoms with Crippen LogP contribution in [0.2, 0.25) is 0 Å². The number of hydrogen-bond acceptors (Lipinski definition) is 3. The van der Waals surface area contributed by atoms with Crippen molar-refractivity contribution in [2.75, 3.05) is 0 Å². The van der Waals surface area contributed by atoms with Gasteiger partial charge in [-0.2, -0.15) is 0 Å². The van der Waals surface area contributed by atoms with E-state index >= 15 is 0 Å².